The van der Waals surface area contributed by atoms with Crippen LogP contribution in [-0.2, 0) is 4.74 Å². The maximum atomic E-state index is 5.99. The Morgan fingerprint density at radius 2 is 1.60 bits per heavy atom. The summed E-state index contributed by atoms with van der Waals surface area (Å²) in [5, 5.41) is 0. The molecule has 0 aromatic heterocycles. The summed E-state index contributed by atoms with van der Waals surface area (Å²) in [6, 6.07) is 7.92. The van der Waals surface area contributed by atoms with Gasteiger partial charge < -0.3 is 14.2 Å². The fourth-order valence-electron chi connectivity index (χ4n) is 2.43. The van der Waals surface area contributed by atoms with Crippen molar-refractivity contribution in [3.8, 4) is 11.5 Å². The monoisotopic (exact) mass is 278 g/mol. The maximum absolute atomic E-state index is 5.99. The van der Waals surface area contributed by atoms with Crippen LogP contribution in [0, 0.1) is 0 Å². The largest absolute Gasteiger partial charge is 0.491 e. The number of rotatable bonds is 7. The predicted molar refractivity (Wildman–Crippen MR) is 80.5 cm³/mol. The summed E-state index contributed by atoms with van der Waals surface area (Å²) >= 11 is 0. The minimum Gasteiger partial charge on any atom is -0.491 e. The standard InChI is InChI=1S/C17H26O3/c1-14(2)18-12-13-19-15-8-10-17(11-9-15)20-16-6-4-3-5-7-16/h8-11,14,16H,3-7,12-13H2,1-2H3. The Morgan fingerprint density at radius 3 is 2.25 bits per heavy atom. The summed E-state index contributed by atoms with van der Waals surface area (Å²) in [5.74, 6) is 1.82. The summed E-state index contributed by atoms with van der Waals surface area (Å²) in [7, 11) is 0. The van der Waals surface area contributed by atoms with Gasteiger partial charge in [0, 0.05) is 0 Å². The highest BCUT2D eigenvalue weighted by Crippen LogP contribution is 2.24. The van der Waals surface area contributed by atoms with Gasteiger partial charge in [-0.25, -0.2) is 0 Å². The van der Waals surface area contributed by atoms with E-state index in [9.17, 15) is 0 Å². The third kappa shape index (κ3) is 5.41. The molecule has 3 nitrogen and oxygen atoms in total. The summed E-state index contributed by atoms with van der Waals surface area (Å²) < 4.78 is 17.0. The van der Waals surface area contributed by atoms with E-state index in [4.69, 9.17) is 14.2 Å². The van der Waals surface area contributed by atoms with E-state index in [1.807, 2.05) is 38.1 Å². The zero-order valence-electron chi connectivity index (χ0n) is 12.6. The summed E-state index contributed by atoms with van der Waals surface area (Å²) in [6.07, 6.45) is 6.96. The molecular formula is C17H26O3. The van der Waals surface area contributed by atoms with Gasteiger partial charge in [0.2, 0.25) is 0 Å². The number of ether oxygens (including phenoxy) is 3. The Kier molecular flexibility index (Phi) is 6.19. The first kappa shape index (κ1) is 15.2. The molecule has 3 heteroatoms. The molecule has 0 atom stereocenters. The molecule has 1 aliphatic carbocycles. The Morgan fingerprint density at radius 1 is 0.950 bits per heavy atom. The second-order valence-corrected chi connectivity index (χ2v) is 5.62. The van der Waals surface area contributed by atoms with E-state index < -0.39 is 0 Å². The van der Waals surface area contributed by atoms with E-state index in [-0.39, 0.29) is 6.10 Å². The van der Waals surface area contributed by atoms with Crippen molar-refractivity contribution in [2.75, 3.05) is 13.2 Å². The van der Waals surface area contributed by atoms with Crippen molar-refractivity contribution in [1.29, 1.82) is 0 Å². The topological polar surface area (TPSA) is 27.7 Å². The van der Waals surface area contributed by atoms with Crippen LogP contribution in [0.4, 0.5) is 0 Å². The Labute approximate surface area is 122 Å². The lowest BCUT2D eigenvalue weighted by Crippen LogP contribution is -2.19. The van der Waals surface area contributed by atoms with Crippen molar-refractivity contribution in [2.24, 2.45) is 0 Å². The van der Waals surface area contributed by atoms with Gasteiger partial charge >= 0.3 is 0 Å². The SMILES string of the molecule is CC(C)OCCOc1ccc(OC2CCCCC2)cc1. The highest BCUT2D eigenvalue weighted by molar-refractivity contribution is 5.31. The summed E-state index contributed by atoms with van der Waals surface area (Å²) in [4.78, 5) is 0. The normalized spacial score (nSPS) is 16.4. The molecule has 1 aromatic carbocycles. The molecule has 0 aliphatic heterocycles. The fraction of sp³-hybridized carbons (Fsp3) is 0.647. The van der Waals surface area contributed by atoms with Gasteiger partial charge in [-0.05, 0) is 63.8 Å². The van der Waals surface area contributed by atoms with E-state index in [1.165, 1.54) is 32.1 Å². The molecular weight excluding hydrogens is 252 g/mol. The Balaban J connectivity index is 1.71. The first-order valence-electron chi connectivity index (χ1n) is 7.75. The molecule has 1 aromatic rings. The van der Waals surface area contributed by atoms with Gasteiger partial charge in [0.05, 0.1) is 18.8 Å². The van der Waals surface area contributed by atoms with Gasteiger partial charge in [0.1, 0.15) is 18.1 Å². The average Bonchev–Trinajstić information content (AvgIpc) is 2.46. The number of benzene rings is 1. The lowest BCUT2D eigenvalue weighted by atomic mass is 9.98. The molecule has 1 saturated carbocycles. The zero-order chi connectivity index (χ0) is 14.2. The minimum absolute atomic E-state index is 0.255. The van der Waals surface area contributed by atoms with E-state index >= 15 is 0 Å². The van der Waals surface area contributed by atoms with Crippen molar-refractivity contribution in [3.63, 3.8) is 0 Å². The molecule has 1 fully saturated rings. The molecule has 0 bridgehead atoms. The fourth-order valence-corrected chi connectivity index (χ4v) is 2.43. The Hall–Kier alpha value is -1.22. The van der Waals surface area contributed by atoms with Crippen molar-refractivity contribution >= 4 is 0 Å². The highest BCUT2D eigenvalue weighted by atomic mass is 16.5. The van der Waals surface area contributed by atoms with Gasteiger partial charge in [-0.15, -0.1) is 0 Å². The summed E-state index contributed by atoms with van der Waals surface area (Å²) in [5.41, 5.74) is 0. The smallest absolute Gasteiger partial charge is 0.119 e. The molecule has 2 rings (SSSR count). The lowest BCUT2D eigenvalue weighted by Gasteiger charge is -2.23. The van der Waals surface area contributed by atoms with Crippen LogP contribution < -0.4 is 9.47 Å². The van der Waals surface area contributed by atoms with Crippen molar-refractivity contribution < 1.29 is 14.2 Å². The molecule has 0 heterocycles. The van der Waals surface area contributed by atoms with Crippen LogP contribution in [0.2, 0.25) is 0 Å². The number of hydrogen-bond donors (Lipinski definition) is 0. The molecule has 0 saturated heterocycles. The van der Waals surface area contributed by atoms with Crippen LogP contribution in [0.1, 0.15) is 46.0 Å². The molecule has 0 N–H and O–H groups in total. The predicted octanol–water partition coefficient (Wildman–Crippen LogP) is 4.20. The van der Waals surface area contributed by atoms with Gasteiger partial charge in [0.25, 0.3) is 0 Å². The summed E-state index contributed by atoms with van der Waals surface area (Å²) in [6.45, 7) is 5.26. The zero-order valence-corrected chi connectivity index (χ0v) is 12.6. The maximum Gasteiger partial charge on any atom is 0.119 e. The van der Waals surface area contributed by atoms with Gasteiger partial charge in [-0.3, -0.25) is 0 Å². The number of hydrogen-bond acceptors (Lipinski definition) is 3. The second-order valence-electron chi connectivity index (χ2n) is 5.62. The molecule has 0 amide bonds. The molecule has 20 heavy (non-hydrogen) atoms. The van der Waals surface area contributed by atoms with Crippen molar-refractivity contribution in [3.05, 3.63) is 24.3 Å². The highest BCUT2D eigenvalue weighted by Gasteiger charge is 2.14. The van der Waals surface area contributed by atoms with Crippen LogP contribution >= 0.6 is 0 Å². The molecule has 0 unspecified atom stereocenters. The van der Waals surface area contributed by atoms with E-state index in [0.29, 0.717) is 19.3 Å². The minimum atomic E-state index is 0.255. The lowest BCUT2D eigenvalue weighted by molar-refractivity contribution is 0.0552. The van der Waals surface area contributed by atoms with Crippen LogP contribution in [0.25, 0.3) is 0 Å². The van der Waals surface area contributed by atoms with Gasteiger partial charge in [-0.2, -0.15) is 0 Å². The molecule has 1 aliphatic rings. The first-order valence-corrected chi connectivity index (χ1v) is 7.75. The van der Waals surface area contributed by atoms with Crippen LogP contribution in [-0.4, -0.2) is 25.4 Å². The average molecular weight is 278 g/mol. The molecule has 0 radical (unpaired) electrons. The molecule has 112 valence electrons. The van der Waals surface area contributed by atoms with Gasteiger partial charge in [-0.1, -0.05) is 6.42 Å². The quantitative estimate of drug-likeness (QED) is 0.700. The van der Waals surface area contributed by atoms with Gasteiger partial charge in [0.15, 0.2) is 0 Å². The third-order valence-corrected chi connectivity index (χ3v) is 3.48. The third-order valence-electron chi connectivity index (χ3n) is 3.48. The van der Waals surface area contributed by atoms with E-state index in [1.54, 1.807) is 0 Å². The second kappa shape index (κ2) is 8.15. The molecule has 0 spiro atoms. The van der Waals surface area contributed by atoms with Crippen LogP contribution in [0.3, 0.4) is 0 Å². The van der Waals surface area contributed by atoms with Crippen molar-refractivity contribution in [2.45, 2.75) is 58.2 Å². The van der Waals surface area contributed by atoms with Crippen LogP contribution in [0.15, 0.2) is 24.3 Å². The first-order chi connectivity index (χ1) is 9.74. The Bertz CT molecular complexity index is 366. The van der Waals surface area contributed by atoms with Crippen LogP contribution in [0.5, 0.6) is 11.5 Å². The van der Waals surface area contributed by atoms with E-state index in [2.05, 4.69) is 0 Å². The van der Waals surface area contributed by atoms with Crippen molar-refractivity contribution in [1.82, 2.24) is 0 Å². The van der Waals surface area contributed by atoms with E-state index in [0.717, 1.165) is 11.5 Å².